The molecule has 3 heteroatoms. The first kappa shape index (κ1) is 12.5. The van der Waals surface area contributed by atoms with Crippen molar-refractivity contribution >= 4 is 5.69 Å². The van der Waals surface area contributed by atoms with Crippen molar-refractivity contribution in [1.82, 2.24) is 0 Å². The lowest BCUT2D eigenvalue weighted by molar-refractivity contribution is 0.617. The van der Waals surface area contributed by atoms with E-state index < -0.39 is 0 Å². The smallest absolute Gasteiger partial charge is 0.124 e. The van der Waals surface area contributed by atoms with Gasteiger partial charge in [0, 0.05) is 12.6 Å². The summed E-state index contributed by atoms with van der Waals surface area (Å²) in [5, 5.41) is 9.00. The van der Waals surface area contributed by atoms with E-state index in [4.69, 9.17) is 5.26 Å². The Balaban J connectivity index is 3.15. The summed E-state index contributed by atoms with van der Waals surface area (Å²) in [4.78, 5) is 2.12. The number of hydrogen-bond donors (Lipinski definition) is 0. The van der Waals surface area contributed by atoms with Gasteiger partial charge in [-0.1, -0.05) is 6.92 Å². The molecule has 0 radical (unpaired) electrons. The summed E-state index contributed by atoms with van der Waals surface area (Å²) in [7, 11) is 0. The second-order valence-corrected chi connectivity index (χ2v) is 3.82. The van der Waals surface area contributed by atoms with Crippen LogP contribution in [-0.4, -0.2) is 12.6 Å². The number of nitriles is 1. The molecule has 0 saturated heterocycles. The van der Waals surface area contributed by atoms with E-state index in [1.165, 1.54) is 12.1 Å². The normalized spacial score (nSPS) is 11.9. The topological polar surface area (TPSA) is 27.0 Å². The highest BCUT2D eigenvalue weighted by Crippen LogP contribution is 2.23. The Hall–Kier alpha value is -1.56. The van der Waals surface area contributed by atoms with E-state index in [-0.39, 0.29) is 5.82 Å². The van der Waals surface area contributed by atoms with Crippen molar-refractivity contribution in [3.63, 3.8) is 0 Å². The Morgan fingerprint density at radius 3 is 2.62 bits per heavy atom. The van der Waals surface area contributed by atoms with E-state index >= 15 is 0 Å². The molecule has 0 aliphatic heterocycles. The monoisotopic (exact) mass is 220 g/mol. The molecule has 0 spiro atoms. The van der Waals surface area contributed by atoms with Gasteiger partial charge in [-0.2, -0.15) is 5.26 Å². The van der Waals surface area contributed by atoms with Crippen molar-refractivity contribution in [3.8, 4) is 6.07 Å². The van der Waals surface area contributed by atoms with Crippen LogP contribution in [0.15, 0.2) is 18.2 Å². The lowest BCUT2D eigenvalue weighted by atomic mass is 10.1. The van der Waals surface area contributed by atoms with Gasteiger partial charge in [0.1, 0.15) is 11.9 Å². The summed E-state index contributed by atoms with van der Waals surface area (Å²) >= 11 is 0. The minimum Gasteiger partial charge on any atom is -0.368 e. The van der Waals surface area contributed by atoms with Gasteiger partial charge in [-0.25, -0.2) is 4.39 Å². The second kappa shape index (κ2) is 5.50. The average Bonchev–Trinajstić information content (AvgIpc) is 2.31. The maximum Gasteiger partial charge on any atom is 0.124 e. The van der Waals surface area contributed by atoms with Gasteiger partial charge in [-0.3, -0.25) is 0 Å². The van der Waals surface area contributed by atoms with Gasteiger partial charge in [0.05, 0.1) is 11.3 Å². The van der Waals surface area contributed by atoms with Crippen molar-refractivity contribution in [2.24, 2.45) is 0 Å². The van der Waals surface area contributed by atoms with Gasteiger partial charge in [-0.15, -0.1) is 0 Å². The van der Waals surface area contributed by atoms with Crippen LogP contribution in [0, 0.1) is 17.1 Å². The number of halogens is 1. The number of anilines is 1. The minimum absolute atomic E-state index is 0.350. The highest BCUT2D eigenvalue weighted by atomic mass is 19.1. The maximum atomic E-state index is 13.0. The van der Waals surface area contributed by atoms with Crippen molar-refractivity contribution < 1.29 is 4.39 Å². The van der Waals surface area contributed by atoms with Gasteiger partial charge in [-0.05, 0) is 38.5 Å². The van der Waals surface area contributed by atoms with Gasteiger partial charge < -0.3 is 4.90 Å². The van der Waals surface area contributed by atoms with Crippen molar-refractivity contribution in [1.29, 1.82) is 5.26 Å². The van der Waals surface area contributed by atoms with E-state index in [1.54, 1.807) is 6.07 Å². The molecule has 0 bridgehead atoms. The molecule has 2 nitrogen and oxygen atoms in total. The Labute approximate surface area is 96.3 Å². The molecule has 0 heterocycles. The first-order valence-corrected chi connectivity index (χ1v) is 5.60. The summed E-state index contributed by atoms with van der Waals surface area (Å²) in [6, 6.07) is 6.78. The van der Waals surface area contributed by atoms with E-state index in [0.717, 1.165) is 18.7 Å². The van der Waals surface area contributed by atoms with Crippen LogP contribution < -0.4 is 4.90 Å². The summed E-state index contributed by atoms with van der Waals surface area (Å²) in [5.74, 6) is -0.361. The Bertz CT molecular complexity index is 395. The maximum absolute atomic E-state index is 13.0. The summed E-state index contributed by atoms with van der Waals surface area (Å²) in [6.45, 7) is 7.06. The fourth-order valence-electron chi connectivity index (χ4n) is 1.79. The summed E-state index contributed by atoms with van der Waals surface area (Å²) in [5.41, 5.74) is 1.22. The van der Waals surface area contributed by atoms with Crippen LogP contribution in [0.3, 0.4) is 0 Å². The molecule has 0 aliphatic rings. The molecule has 1 atom stereocenters. The minimum atomic E-state index is -0.361. The molecule has 0 amide bonds. The Kier molecular flexibility index (Phi) is 4.30. The molecule has 1 aromatic rings. The number of hydrogen-bond acceptors (Lipinski definition) is 2. The highest BCUT2D eigenvalue weighted by Gasteiger charge is 2.15. The average molecular weight is 220 g/mol. The zero-order chi connectivity index (χ0) is 12.1. The van der Waals surface area contributed by atoms with E-state index in [2.05, 4.69) is 18.7 Å². The first-order chi connectivity index (χ1) is 7.63. The lowest BCUT2D eigenvalue weighted by Crippen LogP contribution is -2.32. The van der Waals surface area contributed by atoms with Gasteiger partial charge in [0.25, 0.3) is 0 Å². The Morgan fingerprint density at radius 1 is 1.44 bits per heavy atom. The molecule has 1 aromatic carbocycles. The third-order valence-electron chi connectivity index (χ3n) is 2.85. The molecule has 0 saturated carbocycles. The Morgan fingerprint density at radius 2 is 2.12 bits per heavy atom. The van der Waals surface area contributed by atoms with Crippen molar-refractivity contribution in [2.45, 2.75) is 33.2 Å². The van der Waals surface area contributed by atoms with E-state index in [1.807, 2.05) is 13.0 Å². The molecule has 0 N–H and O–H groups in total. The summed E-state index contributed by atoms with van der Waals surface area (Å²) in [6.07, 6.45) is 0.996. The zero-order valence-electron chi connectivity index (χ0n) is 10.00. The fraction of sp³-hybridized carbons (Fsp3) is 0.462. The van der Waals surface area contributed by atoms with Gasteiger partial charge in [0.15, 0.2) is 0 Å². The predicted molar refractivity (Wildman–Crippen MR) is 63.9 cm³/mol. The highest BCUT2D eigenvalue weighted by molar-refractivity contribution is 5.59. The van der Waals surface area contributed by atoms with Crippen LogP contribution in [0.25, 0.3) is 0 Å². The molecular weight excluding hydrogens is 203 g/mol. The zero-order valence-corrected chi connectivity index (χ0v) is 10.00. The van der Waals surface area contributed by atoms with Crippen LogP contribution in [0.5, 0.6) is 0 Å². The standard InChI is InChI=1S/C13H17FN2/c1-4-10(3)16(5-2)13-7-6-12(14)8-11(13)9-15/h6-8,10H,4-5H2,1-3H3. The molecule has 1 rings (SSSR count). The van der Waals surface area contributed by atoms with Crippen LogP contribution in [0.4, 0.5) is 10.1 Å². The molecular formula is C13H17FN2. The third kappa shape index (κ3) is 2.52. The van der Waals surface area contributed by atoms with E-state index in [0.29, 0.717) is 11.6 Å². The molecule has 0 aliphatic carbocycles. The van der Waals surface area contributed by atoms with Crippen LogP contribution >= 0.6 is 0 Å². The van der Waals surface area contributed by atoms with E-state index in [9.17, 15) is 4.39 Å². The number of rotatable bonds is 4. The van der Waals surface area contributed by atoms with Crippen LogP contribution in [0.2, 0.25) is 0 Å². The van der Waals surface area contributed by atoms with Crippen molar-refractivity contribution in [3.05, 3.63) is 29.6 Å². The predicted octanol–water partition coefficient (Wildman–Crippen LogP) is 3.32. The van der Waals surface area contributed by atoms with Crippen molar-refractivity contribution in [2.75, 3.05) is 11.4 Å². The number of benzene rings is 1. The second-order valence-electron chi connectivity index (χ2n) is 3.82. The van der Waals surface area contributed by atoms with Gasteiger partial charge >= 0.3 is 0 Å². The fourth-order valence-corrected chi connectivity index (χ4v) is 1.79. The first-order valence-electron chi connectivity index (χ1n) is 5.60. The lowest BCUT2D eigenvalue weighted by Gasteiger charge is -2.30. The summed E-state index contributed by atoms with van der Waals surface area (Å²) < 4.78 is 13.0. The SMILES string of the molecule is CCC(C)N(CC)c1ccc(F)cc1C#N. The molecule has 0 fully saturated rings. The molecule has 86 valence electrons. The third-order valence-corrected chi connectivity index (χ3v) is 2.85. The quantitative estimate of drug-likeness (QED) is 0.778. The van der Waals surface area contributed by atoms with Gasteiger partial charge in [0.2, 0.25) is 0 Å². The largest absolute Gasteiger partial charge is 0.368 e. The van der Waals surface area contributed by atoms with Crippen LogP contribution in [-0.2, 0) is 0 Å². The molecule has 16 heavy (non-hydrogen) atoms. The number of nitrogens with zero attached hydrogens (tertiary/aromatic N) is 2. The van der Waals surface area contributed by atoms with Crippen LogP contribution in [0.1, 0.15) is 32.8 Å². The molecule has 1 unspecified atom stereocenters. The molecule has 0 aromatic heterocycles.